The highest BCUT2D eigenvalue weighted by Crippen LogP contribution is 2.23. The van der Waals surface area contributed by atoms with Gasteiger partial charge in [0.2, 0.25) is 0 Å². The molecule has 0 amide bonds. The molecule has 0 unspecified atom stereocenters. The van der Waals surface area contributed by atoms with E-state index in [-0.39, 0.29) is 26.4 Å². The molecular weight excluding hydrogens is 471 g/mol. The minimum atomic E-state index is -1.14. The van der Waals surface area contributed by atoms with Crippen molar-refractivity contribution in [1.29, 1.82) is 0 Å². The molecule has 0 saturated heterocycles. The molecule has 0 saturated carbocycles. The van der Waals surface area contributed by atoms with Crippen LogP contribution in [-0.2, 0) is 28.5 Å². The second-order valence-electron chi connectivity index (χ2n) is 5.51. The summed E-state index contributed by atoms with van der Waals surface area (Å²) in [6, 6.07) is 1.69. The zero-order valence-electron chi connectivity index (χ0n) is 16.4. The zero-order chi connectivity index (χ0) is 24.3. The number of carbonyl (C=O) groups excluding carboxylic acids is 6. The smallest absolute Gasteiger partial charge is 0.339 e. The molecule has 1 rings (SSSR count). The predicted octanol–water partition coefficient (Wildman–Crippen LogP) is 2.22. The van der Waals surface area contributed by atoms with Gasteiger partial charge >= 0.3 is 23.9 Å². The highest BCUT2D eigenvalue weighted by atomic mass is 35.5. The Labute approximate surface area is 191 Å². The SMILES string of the molecule is C=CC(=O)OCCOC(=O)c1cc(C(=O)Cl)c(C(=O)OCCOC(=O)C=C)cc1C(=O)Cl. The second kappa shape index (κ2) is 13.0. The number of carbonyl (C=O) groups is 6. The molecule has 0 aliphatic carbocycles. The number of benzene rings is 1. The Balaban J connectivity index is 3.08. The van der Waals surface area contributed by atoms with Crippen molar-refractivity contribution >= 4 is 57.6 Å². The van der Waals surface area contributed by atoms with E-state index in [9.17, 15) is 28.8 Å². The maximum atomic E-state index is 12.3. The zero-order valence-corrected chi connectivity index (χ0v) is 17.9. The van der Waals surface area contributed by atoms with Crippen LogP contribution in [0, 0.1) is 0 Å². The van der Waals surface area contributed by atoms with Crippen molar-refractivity contribution in [2.24, 2.45) is 0 Å². The highest BCUT2D eigenvalue weighted by Gasteiger charge is 2.26. The first-order valence-corrected chi connectivity index (χ1v) is 9.38. The van der Waals surface area contributed by atoms with E-state index in [1.807, 2.05) is 0 Å². The molecular formula is C20H16Cl2O10. The van der Waals surface area contributed by atoms with Gasteiger partial charge in [0.1, 0.15) is 26.4 Å². The van der Waals surface area contributed by atoms with Crippen LogP contribution in [0.2, 0.25) is 0 Å². The van der Waals surface area contributed by atoms with Crippen LogP contribution < -0.4 is 0 Å². The van der Waals surface area contributed by atoms with Gasteiger partial charge in [-0.3, -0.25) is 9.59 Å². The molecule has 0 N–H and O–H groups in total. The largest absolute Gasteiger partial charge is 0.459 e. The first-order valence-electron chi connectivity index (χ1n) is 8.62. The number of esters is 4. The van der Waals surface area contributed by atoms with E-state index in [4.69, 9.17) is 32.7 Å². The van der Waals surface area contributed by atoms with Crippen molar-refractivity contribution in [3.05, 3.63) is 59.7 Å². The quantitative estimate of drug-likeness (QED) is 0.142. The van der Waals surface area contributed by atoms with E-state index >= 15 is 0 Å². The lowest BCUT2D eigenvalue weighted by atomic mass is 9.99. The lowest BCUT2D eigenvalue weighted by molar-refractivity contribution is -0.139. The van der Waals surface area contributed by atoms with Crippen molar-refractivity contribution in [2.75, 3.05) is 26.4 Å². The normalized spacial score (nSPS) is 9.81. The lowest BCUT2D eigenvalue weighted by Crippen LogP contribution is -2.19. The van der Waals surface area contributed by atoms with Crippen LogP contribution in [0.3, 0.4) is 0 Å². The molecule has 0 aromatic heterocycles. The number of rotatable bonds is 12. The summed E-state index contributed by atoms with van der Waals surface area (Å²) in [5.74, 6) is -3.68. The summed E-state index contributed by atoms with van der Waals surface area (Å²) in [5.41, 5.74) is -1.85. The molecule has 0 heterocycles. The molecule has 0 fully saturated rings. The lowest BCUT2D eigenvalue weighted by Gasteiger charge is -2.12. The molecule has 1 aromatic carbocycles. The van der Waals surface area contributed by atoms with Crippen molar-refractivity contribution < 1.29 is 47.7 Å². The summed E-state index contributed by atoms with van der Waals surface area (Å²) in [6.45, 7) is 5.02. The minimum Gasteiger partial charge on any atom is -0.459 e. The Morgan fingerprint density at radius 3 is 1.22 bits per heavy atom. The molecule has 10 nitrogen and oxygen atoms in total. The molecule has 1 aromatic rings. The van der Waals surface area contributed by atoms with Gasteiger partial charge in [-0.15, -0.1) is 0 Å². The van der Waals surface area contributed by atoms with E-state index in [0.717, 1.165) is 24.3 Å². The van der Waals surface area contributed by atoms with Crippen LogP contribution in [0.4, 0.5) is 0 Å². The fraction of sp³-hybridized carbons (Fsp3) is 0.200. The number of hydrogen-bond donors (Lipinski definition) is 0. The van der Waals surface area contributed by atoms with Gasteiger partial charge in [0.15, 0.2) is 0 Å². The summed E-state index contributed by atoms with van der Waals surface area (Å²) in [5, 5.41) is -2.28. The van der Waals surface area contributed by atoms with Crippen molar-refractivity contribution in [3.8, 4) is 0 Å². The molecule has 12 heteroatoms. The van der Waals surface area contributed by atoms with Crippen molar-refractivity contribution in [3.63, 3.8) is 0 Å². The summed E-state index contributed by atoms with van der Waals surface area (Å²) >= 11 is 11.0. The maximum Gasteiger partial charge on any atom is 0.339 e. The molecule has 0 aliphatic heterocycles. The Morgan fingerprint density at radius 2 is 0.938 bits per heavy atom. The topological polar surface area (TPSA) is 139 Å². The molecule has 0 aliphatic rings. The second-order valence-corrected chi connectivity index (χ2v) is 6.19. The Hall–Kier alpha value is -3.50. The highest BCUT2D eigenvalue weighted by molar-refractivity contribution is 6.69. The van der Waals surface area contributed by atoms with Crippen LogP contribution >= 0.6 is 23.2 Å². The first-order chi connectivity index (χ1) is 15.1. The van der Waals surface area contributed by atoms with Gasteiger partial charge in [0.25, 0.3) is 10.5 Å². The van der Waals surface area contributed by atoms with E-state index < -0.39 is 56.6 Å². The first kappa shape index (κ1) is 26.5. The van der Waals surface area contributed by atoms with E-state index in [0.29, 0.717) is 0 Å². The van der Waals surface area contributed by atoms with Crippen LogP contribution in [0.5, 0.6) is 0 Å². The van der Waals surface area contributed by atoms with E-state index in [1.165, 1.54) is 0 Å². The van der Waals surface area contributed by atoms with Gasteiger partial charge in [-0.05, 0) is 35.3 Å². The van der Waals surface area contributed by atoms with E-state index in [2.05, 4.69) is 22.6 Å². The third kappa shape index (κ3) is 7.97. The van der Waals surface area contributed by atoms with Crippen molar-refractivity contribution in [1.82, 2.24) is 0 Å². The molecule has 0 spiro atoms. The minimum absolute atomic E-state index is 0.303. The van der Waals surface area contributed by atoms with Crippen LogP contribution in [0.15, 0.2) is 37.4 Å². The third-order valence-electron chi connectivity index (χ3n) is 3.48. The van der Waals surface area contributed by atoms with Gasteiger partial charge in [-0.25, -0.2) is 19.2 Å². The van der Waals surface area contributed by atoms with Gasteiger partial charge in [-0.2, -0.15) is 0 Å². The Bertz CT molecular complexity index is 890. The monoisotopic (exact) mass is 486 g/mol. The molecule has 0 bridgehead atoms. The number of halogens is 2. The van der Waals surface area contributed by atoms with E-state index in [1.54, 1.807) is 0 Å². The average molecular weight is 487 g/mol. The van der Waals surface area contributed by atoms with Crippen LogP contribution in [-0.4, -0.2) is 60.8 Å². The molecule has 32 heavy (non-hydrogen) atoms. The fourth-order valence-electron chi connectivity index (χ4n) is 2.09. The van der Waals surface area contributed by atoms with Crippen LogP contribution in [0.1, 0.15) is 41.4 Å². The van der Waals surface area contributed by atoms with Gasteiger partial charge < -0.3 is 18.9 Å². The summed E-state index contributed by atoms with van der Waals surface area (Å²) in [6.07, 6.45) is 1.82. The van der Waals surface area contributed by atoms with Crippen molar-refractivity contribution in [2.45, 2.75) is 0 Å². The summed E-state index contributed by atoms with van der Waals surface area (Å²) in [4.78, 5) is 70.2. The number of hydrogen-bond acceptors (Lipinski definition) is 10. The van der Waals surface area contributed by atoms with Gasteiger partial charge in [-0.1, -0.05) is 13.2 Å². The summed E-state index contributed by atoms with van der Waals surface area (Å²) in [7, 11) is 0. The average Bonchev–Trinajstić information content (AvgIpc) is 2.77. The fourth-order valence-corrected chi connectivity index (χ4v) is 2.40. The molecule has 0 radical (unpaired) electrons. The predicted molar refractivity (Wildman–Crippen MR) is 110 cm³/mol. The summed E-state index contributed by atoms with van der Waals surface area (Å²) < 4.78 is 19.0. The Kier molecular flexibility index (Phi) is 10.8. The standard InChI is InChI=1S/C20H16Cl2O10/c1-3-15(23)29-5-7-31-19(27)13-9-12(18(22)26)14(10-11(13)17(21)25)20(28)32-8-6-30-16(24)4-2/h3-4,9-10H,1-2,5-8H2. The Morgan fingerprint density at radius 1 is 0.625 bits per heavy atom. The third-order valence-corrected chi connectivity index (χ3v) is 3.88. The number of ether oxygens (including phenoxy) is 4. The van der Waals surface area contributed by atoms with Gasteiger partial charge in [0, 0.05) is 23.3 Å². The van der Waals surface area contributed by atoms with Gasteiger partial charge in [0.05, 0.1) is 11.1 Å². The van der Waals surface area contributed by atoms with Crippen LogP contribution in [0.25, 0.3) is 0 Å². The maximum absolute atomic E-state index is 12.3. The molecule has 170 valence electrons. The molecule has 0 atom stereocenters.